The predicted molar refractivity (Wildman–Crippen MR) is 82.2 cm³/mol. The van der Waals surface area contributed by atoms with Crippen LogP contribution in [0.15, 0.2) is 12.3 Å². The Bertz CT molecular complexity index is 478. The molecule has 2 rings (SSSR count). The molecule has 4 nitrogen and oxygen atoms in total. The van der Waals surface area contributed by atoms with Gasteiger partial charge >= 0.3 is 0 Å². The molecule has 2 N–H and O–H groups in total. The van der Waals surface area contributed by atoms with Gasteiger partial charge in [-0.1, -0.05) is 31.4 Å². The van der Waals surface area contributed by atoms with Crippen LogP contribution in [0.1, 0.15) is 43.0 Å². The second kappa shape index (κ2) is 6.93. The highest BCUT2D eigenvalue weighted by molar-refractivity contribution is 6.33. The number of hydrogen-bond donors (Lipinski definition) is 2. The number of halogens is 1. The lowest BCUT2D eigenvalue weighted by atomic mass is 9.82. The second-order valence-corrected chi connectivity index (χ2v) is 6.06. The standard InChI is InChI=1S/C15H22ClN3O/c1-10-4-3-5-11(6-10)8-19-15(20)12-7-13(16)14(17-2)18-9-12/h7,9-11H,3-6,8H2,1-2H3,(H,17,18)(H,19,20). The summed E-state index contributed by atoms with van der Waals surface area (Å²) < 4.78 is 0. The highest BCUT2D eigenvalue weighted by Gasteiger charge is 2.19. The first-order chi connectivity index (χ1) is 9.60. The van der Waals surface area contributed by atoms with E-state index < -0.39 is 0 Å². The van der Waals surface area contributed by atoms with Crippen molar-refractivity contribution in [3.05, 3.63) is 22.8 Å². The van der Waals surface area contributed by atoms with Gasteiger partial charge in [0.15, 0.2) is 0 Å². The molecule has 0 radical (unpaired) electrons. The van der Waals surface area contributed by atoms with Crippen LogP contribution in [0.5, 0.6) is 0 Å². The van der Waals surface area contributed by atoms with Crippen LogP contribution in [0.4, 0.5) is 5.82 Å². The molecule has 0 aromatic carbocycles. The Morgan fingerprint density at radius 2 is 2.30 bits per heavy atom. The lowest BCUT2D eigenvalue weighted by molar-refractivity contribution is 0.0940. The van der Waals surface area contributed by atoms with Crippen LogP contribution < -0.4 is 10.6 Å². The number of carbonyl (C=O) groups excluding carboxylic acids is 1. The zero-order chi connectivity index (χ0) is 14.5. The molecule has 1 heterocycles. The van der Waals surface area contributed by atoms with Gasteiger partial charge in [-0.3, -0.25) is 4.79 Å². The molecule has 0 spiro atoms. The third-order valence-electron chi connectivity index (χ3n) is 3.94. The minimum Gasteiger partial charge on any atom is -0.372 e. The summed E-state index contributed by atoms with van der Waals surface area (Å²) in [5.74, 6) is 1.86. The van der Waals surface area contributed by atoms with E-state index in [1.54, 1.807) is 19.3 Å². The monoisotopic (exact) mass is 295 g/mol. The molecule has 1 fully saturated rings. The van der Waals surface area contributed by atoms with Gasteiger partial charge < -0.3 is 10.6 Å². The maximum Gasteiger partial charge on any atom is 0.252 e. The fourth-order valence-corrected chi connectivity index (χ4v) is 3.09. The van der Waals surface area contributed by atoms with Crippen molar-refractivity contribution in [2.45, 2.75) is 32.6 Å². The van der Waals surface area contributed by atoms with Crippen LogP contribution in [0, 0.1) is 11.8 Å². The Hall–Kier alpha value is -1.29. The maximum absolute atomic E-state index is 12.1. The molecule has 1 amide bonds. The number of carbonyl (C=O) groups is 1. The molecule has 1 aromatic heterocycles. The quantitative estimate of drug-likeness (QED) is 0.896. The SMILES string of the molecule is CNc1ncc(C(=O)NCC2CCCC(C)C2)cc1Cl. The van der Waals surface area contributed by atoms with Gasteiger partial charge in [0.2, 0.25) is 0 Å². The van der Waals surface area contributed by atoms with E-state index in [1.165, 1.54) is 25.7 Å². The summed E-state index contributed by atoms with van der Waals surface area (Å²) in [5.41, 5.74) is 0.512. The zero-order valence-electron chi connectivity index (χ0n) is 12.1. The number of nitrogens with one attached hydrogen (secondary N) is 2. The van der Waals surface area contributed by atoms with Crippen molar-refractivity contribution >= 4 is 23.3 Å². The first kappa shape index (κ1) is 15.1. The average Bonchev–Trinajstić information content (AvgIpc) is 2.44. The van der Waals surface area contributed by atoms with Crippen molar-refractivity contribution in [1.82, 2.24) is 10.3 Å². The fourth-order valence-electron chi connectivity index (χ4n) is 2.83. The van der Waals surface area contributed by atoms with Crippen molar-refractivity contribution in [2.75, 3.05) is 18.9 Å². The van der Waals surface area contributed by atoms with E-state index >= 15 is 0 Å². The van der Waals surface area contributed by atoms with Crippen molar-refractivity contribution < 1.29 is 4.79 Å². The molecule has 0 bridgehead atoms. The van der Waals surface area contributed by atoms with Crippen molar-refractivity contribution in [3.8, 4) is 0 Å². The van der Waals surface area contributed by atoms with Gasteiger partial charge in [-0.05, 0) is 30.7 Å². The zero-order valence-corrected chi connectivity index (χ0v) is 12.8. The number of rotatable bonds is 4. The van der Waals surface area contributed by atoms with Crippen LogP contribution in [0.25, 0.3) is 0 Å². The molecule has 2 unspecified atom stereocenters. The minimum absolute atomic E-state index is 0.0970. The molecule has 0 aliphatic heterocycles. The Morgan fingerprint density at radius 3 is 2.95 bits per heavy atom. The topological polar surface area (TPSA) is 54.0 Å². The Balaban J connectivity index is 1.90. The summed E-state index contributed by atoms with van der Waals surface area (Å²) in [7, 11) is 1.75. The first-order valence-electron chi connectivity index (χ1n) is 7.21. The average molecular weight is 296 g/mol. The van der Waals surface area contributed by atoms with Gasteiger partial charge in [0.05, 0.1) is 10.6 Å². The number of hydrogen-bond acceptors (Lipinski definition) is 3. The summed E-state index contributed by atoms with van der Waals surface area (Å²) in [6.07, 6.45) is 6.55. The number of anilines is 1. The Morgan fingerprint density at radius 1 is 1.50 bits per heavy atom. The van der Waals surface area contributed by atoms with Gasteiger partial charge in [0, 0.05) is 19.8 Å². The van der Waals surface area contributed by atoms with Crippen molar-refractivity contribution in [2.24, 2.45) is 11.8 Å². The Kier molecular flexibility index (Phi) is 5.24. The van der Waals surface area contributed by atoms with E-state index in [-0.39, 0.29) is 5.91 Å². The summed E-state index contributed by atoms with van der Waals surface area (Å²) in [4.78, 5) is 16.2. The van der Waals surface area contributed by atoms with Crippen molar-refractivity contribution in [1.29, 1.82) is 0 Å². The molecule has 110 valence electrons. The fraction of sp³-hybridized carbons (Fsp3) is 0.600. The highest BCUT2D eigenvalue weighted by Crippen LogP contribution is 2.28. The van der Waals surface area contributed by atoms with E-state index in [4.69, 9.17) is 11.6 Å². The Labute approximate surface area is 125 Å². The smallest absolute Gasteiger partial charge is 0.252 e. The van der Waals surface area contributed by atoms with E-state index in [9.17, 15) is 4.79 Å². The number of nitrogens with zero attached hydrogens (tertiary/aromatic N) is 1. The molecule has 1 aliphatic carbocycles. The summed E-state index contributed by atoms with van der Waals surface area (Å²) in [6, 6.07) is 1.65. The largest absolute Gasteiger partial charge is 0.372 e. The molecular formula is C15H22ClN3O. The normalized spacial score (nSPS) is 22.4. The lowest BCUT2D eigenvalue weighted by Gasteiger charge is -2.26. The molecule has 20 heavy (non-hydrogen) atoms. The summed E-state index contributed by atoms with van der Waals surface area (Å²) in [5, 5.41) is 6.34. The summed E-state index contributed by atoms with van der Waals surface area (Å²) >= 11 is 6.04. The number of pyridine rings is 1. The molecule has 1 aromatic rings. The molecule has 2 atom stereocenters. The maximum atomic E-state index is 12.1. The molecular weight excluding hydrogens is 274 g/mol. The van der Waals surface area contributed by atoms with Crippen LogP contribution in [-0.4, -0.2) is 24.5 Å². The number of amides is 1. The predicted octanol–water partition coefficient (Wildman–Crippen LogP) is 3.33. The molecule has 0 saturated heterocycles. The van der Waals surface area contributed by atoms with Crippen LogP contribution in [-0.2, 0) is 0 Å². The third kappa shape index (κ3) is 3.85. The van der Waals surface area contributed by atoms with E-state index in [0.717, 1.165) is 12.5 Å². The highest BCUT2D eigenvalue weighted by atomic mass is 35.5. The van der Waals surface area contributed by atoms with E-state index in [2.05, 4.69) is 22.5 Å². The summed E-state index contributed by atoms with van der Waals surface area (Å²) in [6.45, 7) is 3.03. The first-order valence-corrected chi connectivity index (χ1v) is 7.59. The molecule has 1 aliphatic rings. The van der Waals surface area contributed by atoms with Crippen LogP contribution in [0.2, 0.25) is 5.02 Å². The lowest BCUT2D eigenvalue weighted by Crippen LogP contribution is -2.31. The van der Waals surface area contributed by atoms with E-state index in [1.807, 2.05) is 0 Å². The minimum atomic E-state index is -0.0970. The van der Waals surface area contributed by atoms with Gasteiger partial charge in [-0.2, -0.15) is 0 Å². The van der Waals surface area contributed by atoms with Crippen LogP contribution >= 0.6 is 11.6 Å². The molecule has 1 saturated carbocycles. The van der Waals surface area contributed by atoms with Crippen LogP contribution in [0.3, 0.4) is 0 Å². The van der Waals surface area contributed by atoms with E-state index in [0.29, 0.717) is 22.3 Å². The third-order valence-corrected chi connectivity index (χ3v) is 4.22. The number of aromatic nitrogens is 1. The van der Waals surface area contributed by atoms with Gasteiger partial charge in [0.1, 0.15) is 5.82 Å². The molecule has 5 heteroatoms. The van der Waals surface area contributed by atoms with Gasteiger partial charge in [-0.15, -0.1) is 0 Å². The van der Waals surface area contributed by atoms with Gasteiger partial charge in [0.25, 0.3) is 5.91 Å². The van der Waals surface area contributed by atoms with Crippen molar-refractivity contribution in [3.63, 3.8) is 0 Å². The second-order valence-electron chi connectivity index (χ2n) is 5.65. The van der Waals surface area contributed by atoms with Gasteiger partial charge in [-0.25, -0.2) is 4.98 Å².